The topological polar surface area (TPSA) is 87.5 Å². The summed E-state index contributed by atoms with van der Waals surface area (Å²) < 4.78 is 0. The van der Waals surface area contributed by atoms with E-state index in [4.69, 9.17) is 5.73 Å². The lowest BCUT2D eigenvalue weighted by molar-refractivity contribution is -0.126. The average molecular weight is 228 g/mol. The van der Waals surface area contributed by atoms with Crippen molar-refractivity contribution in [2.75, 3.05) is 13.1 Å². The predicted octanol–water partition coefficient (Wildman–Crippen LogP) is -0.748. The second-order valence-corrected chi connectivity index (χ2v) is 4.38. The summed E-state index contributed by atoms with van der Waals surface area (Å²) in [6.45, 7) is 7.53. The third-order valence-corrected chi connectivity index (χ3v) is 2.94. The van der Waals surface area contributed by atoms with E-state index in [9.17, 15) is 9.59 Å². The lowest BCUT2D eigenvalue weighted by Crippen LogP contribution is -2.60. The average Bonchev–Trinajstić information content (AvgIpc) is 2.19. The molecule has 3 unspecified atom stereocenters. The van der Waals surface area contributed by atoms with Crippen LogP contribution in [0.3, 0.4) is 0 Å². The minimum absolute atomic E-state index is 0.268. The van der Waals surface area contributed by atoms with Gasteiger partial charge in [-0.25, -0.2) is 4.79 Å². The third kappa shape index (κ3) is 3.18. The van der Waals surface area contributed by atoms with Crippen LogP contribution in [0.2, 0.25) is 0 Å². The number of carbonyl (C=O) groups excluding carboxylic acids is 2. The number of hydrogen-bond acceptors (Lipinski definition) is 4. The van der Waals surface area contributed by atoms with Gasteiger partial charge in [-0.3, -0.25) is 15.0 Å². The first-order valence-electron chi connectivity index (χ1n) is 5.51. The molecule has 6 heteroatoms. The Bertz CT molecular complexity index is 282. The Morgan fingerprint density at radius 1 is 1.50 bits per heavy atom. The lowest BCUT2D eigenvalue weighted by Gasteiger charge is -2.40. The van der Waals surface area contributed by atoms with Gasteiger partial charge < -0.3 is 11.1 Å². The Balaban J connectivity index is 2.60. The van der Waals surface area contributed by atoms with Gasteiger partial charge in [-0.15, -0.1) is 0 Å². The Morgan fingerprint density at radius 3 is 2.69 bits per heavy atom. The standard InChI is InChI=1S/C10H20N4O2/c1-6-5-14(7(2)4-12-6)8(3)9(15)13-10(11)16/h6-8,12H,4-5H2,1-3H3,(H3,11,13,15,16). The maximum atomic E-state index is 11.6. The fourth-order valence-corrected chi connectivity index (χ4v) is 1.97. The number of nitrogens with two attached hydrogens (primary N) is 1. The summed E-state index contributed by atoms with van der Waals surface area (Å²) in [6.07, 6.45) is 0. The van der Waals surface area contributed by atoms with Crippen LogP contribution in [0.5, 0.6) is 0 Å². The normalized spacial score (nSPS) is 28.4. The number of nitrogens with zero attached hydrogens (tertiary/aromatic N) is 1. The second kappa shape index (κ2) is 5.27. The molecule has 0 aromatic heterocycles. The molecule has 1 rings (SSSR count). The van der Waals surface area contributed by atoms with E-state index in [2.05, 4.69) is 22.5 Å². The van der Waals surface area contributed by atoms with E-state index >= 15 is 0 Å². The van der Waals surface area contributed by atoms with Crippen molar-refractivity contribution in [3.63, 3.8) is 0 Å². The first-order valence-corrected chi connectivity index (χ1v) is 5.51. The second-order valence-electron chi connectivity index (χ2n) is 4.38. The van der Waals surface area contributed by atoms with Crippen molar-refractivity contribution < 1.29 is 9.59 Å². The molecule has 0 aromatic rings. The number of amides is 3. The summed E-state index contributed by atoms with van der Waals surface area (Å²) >= 11 is 0. The summed E-state index contributed by atoms with van der Waals surface area (Å²) in [5.74, 6) is -0.339. The van der Waals surface area contributed by atoms with Gasteiger partial charge in [0.15, 0.2) is 0 Å². The zero-order valence-electron chi connectivity index (χ0n) is 9.99. The van der Waals surface area contributed by atoms with E-state index in [0.717, 1.165) is 13.1 Å². The van der Waals surface area contributed by atoms with E-state index in [0.29, 0.717) is 6.04 Å². The van der Waals surface area contributed by atoms with Gasteiger partial charge in [0.1, 0.15) is 0 Å². The highest BCUT2D eigenvalue weighted by molar-refractivity contribution is 5.96. The minimum atomic E-state index is -0.798. The molecule has 1 aliphatic rings. The molecule has 1 saturated heterocycles. The molecule has 4 N–H and O–H groups in total. The van der Waals surface area contributed by atoms with Crippen molar-refractivity contribution >= 4 is 11.9 Å². The fourth-order valence-electron chi connectivity index (χ4n) is 1.97. The quantitative estimate of drug-likeness (QED) is 0.580. The molecule has 0 spiro atoms. The van der Waals surface area contributed by atoms with Gasteiger partial charge in [0.05, 0.1) is 6.04 Å². The molecule has 0 aliphatic carbocycles. The van der Waals surface area contributed by atoms with Crippen LogP contribution < -0.4 is 16.4 Å². The number of piperazine rings is 1. The van der Waals surface area contributed by atoms with Gasteiger partial charge in [0.2, 0.25) is 5.91 Å². The molecule has 3 amide bonds. The molecule has 1 heterocycles. The largest absolute Gasteiger partial charge is 0.351 e. The van der Waals surface area contributed by atoms with Gasteiger partial charge in [-0.05, 0) is 20.8 Å². The minimum Gasteiger partial charge on any atom is -0.351 e. The van der Waals surface area contributed by atoms with Crippen LogP contribution in [0.25, 0.3) is 0 Å². The van der Waals surface area contributed by atoms with Crippen LogP contribution in [0.4, 0.5) is 4.79 Å². The van der Waals surface area contributed by atoms with Crippen molar-refractivity contribution in [3.05, 3.63) is 0 Å². The van der Waals surface area contributed by atoms with Crippen molar-refractivity contribution in [2.45, 2.75) is 38.9 Å². The SMILES string of the molecule is CC1CN(C(C)C(=O)NC(N)=O)C(C)CN1. The predicted molar refractivity (Wildman–Crippen MR) is 60.8 cm³/mol. The number of rotatable bonds is 2. The number of carbonyl (C=O) groups is 2. The molecule has 3 atom stereocenters. The van der Waals surface area contributed by atoms with Crippen LogP contribution in [0.1, 0.15) is 20.8 Å². The molecular formula is C10H20N4O2. The zero-order valence-corrected chi connectivity index (χ0v) is 9.99. The van der Waals surface area contributed by atoms with Crippen molar-refractivity contribution in [1.29, 1.82) is 0 Å². The van der Waals surface area contributed by atoms with Crippen molar-refractivity contribution in [2.24, 2.45) is 5.73 Å². The van der Waals surface area contributed by atoms with E-state index in [-0.39, 0.29) is 18.0 Å². The monoisotopic (exact) mass is 228 g/mol. The van der Waals surface area contributed by atoms with Crippen LogP contribution >= 0.6 is 0 Å². The molecule has 0 aromatic carbocycles. The summed E-state index contributed by atoms with van der Waals surface area (Å²) in [5.41, 5.74) is 4.92. The number of hydrogen-bond donors (Lipinski definition) is 3. The molecule has 6 nitrogen and oxygen atoms in total. The van der Waals surface area contributed by atoms with Crippen molar-refractivity contribution in [1.82, 2.24) is 15.5 Å². The number of imide groups is 1. The maximum Gasteiger partial charge on any atom is 0.318 e. The first-order chi connectivity index (χ1) is 7.41. The summed E-state index contributed by atoms with van der Waals surface area (Å²) in [4.78, 5) is 24.3. The first kappa shape index (κ1) is 12.9. The molecular weight excluding hydrogens is 208 g/mol. The van der Waals surface area contributed by atoms with Gasteiger partial charge in [-0.1, -0.05) is 0 Å². The highest BCUT2D eigenvalue weighted by Gasteiger charge is 2.30. The maximum absolute atomic E-state index is 11.6. The van der Waals surface area contributed by atoms with E-state index < -0.39 is 6.03 Å². The summed E-state index contributed by atoms with van der Waals surface area (Å²) in [5, 5.41) is 5.44. The molecule has 1 aliphatic heterocycles. The Labute approximate surface area is 95.5 Å². The van der Waals surface area contributed by atoms with Crippen LogP contribution in [0, 0.1) is 0 Å². The Morgan fingerprint density at radius 2 is 2.12 bits per heavy atom. The molecule has 0 bridgehead atoms. The van der Waals surface area contributed by atoms with Gasteiger partial charge >= 0.3 is 6.03 Å². The highest BCUT2D eigenvalue weighted by atomic mass is 16.2. The molecule has 1 fully saturated rings. The number of primary amides is 1. The number of nitrogens with one attached hydrogen (secondary N) is 2. The third-order valence-electron chi connectivity index (χ3n) is 2.94. The fraction of sp³-hybridized carbons (Fsp3) is 0.800. The van der Waals surface area contributed by atoms with Crippen LogP contribution in [-0.2, 0) is 4.79 Å². The molecule has 0 saturated carbocycles. The molecule has 16 heavy (non-hydrogen) atoms. The summed E-state index contributed by atoms with van der Waals surface area (Å²) in [7, 11) is 0. The van der Waals surface area contributed by atoms with Crippen LogP contribution in [0.15, 0.2) is 0 Å². The lowest BCUT2D eigenvalue weighted by atomic mass is 10.1. The highest BCUT2D eigenvalue weighted by Crippen LogP contribution is 2.11. The Hall–Kier alpha value is -1.14. The van der Waals surface area contributed by atoms with Crippen LogP contribution in [-0.4, -0.2) is 48.1 Å². The molecule has 92 valence electrons. The number of urea groups is 1. The van der Waals surface area contributed by atoms with Gasteiger partial charge in [0.25, 0.3) is 0 Å². The van der Waals surface area contributed by atoms with E-state index in [1.807, 2.05) is 6.92 Å². The molecule has 0 radical (unpaired) electrons. The Kier molecular flexibility index (Phi) is 4.26. The summed E-state index contributed by atoms with van der Waals surface area (Å²) in [6, 6.07) is -0.524. The zero-order chi connectivity index (χ0) is 12.3. The van der Waals surface area contributed by atoms with Gasteiger partial charge in [0, 0.05) is 25.2 Å². The van der Waals surface area contributed by atoms with E-state index in [1.165, 1.54) is 0 Å². The van der Waals surface area contributed by atoms with Crippen molar-refractivity contribution in [3.8, 4) is 0 Å². The van der Waals surface area contributed by atoms with E-state index in [1.54, 1.807) is 6.92 Å². The van der Waals surface area contributed by atoms with Gasteiger partial charge in [-0.2, -0.15) is 0 Å². The smallest absolute Gasteiger partial charge is 0.318 e.